The van der Waals surface area contributed by atoms with Crippen molar-refractivity contribution in [3.63, 3.8) is 0 Å². The molecule has 0 unspecified atom stereocenters. The third-order valence-electron chi connectivity index (χ3n) is 3.52. The first-order valence-corrected chi connectivity index (χ1v) is 9.29. The Morgan fingerprint density at radius 3 is 1.42 bits per heavy atom. The van der Waals surface area contributed by atoms with Crippen molar-refractivity contribution in [1.29, 1.82) is 0 Å². The fraction of sp³-hybridized carbons (Fsp3) is 0.600. The molecule has 0 saturated carbocycles. The first-order valence-electron chi connectivity index (χ1n) is 9.29. The summed E-state index contributed by atoms with van der Waals surface area (Å²) >= 11 is 0. The zero-order valence-corrected chi connectivity index (χ0v) is 16.3. The molecule has 0 spiro atoms. The lowest BCUT2D eigenvalue weighted by Crippen LogP contribution is -2.27. The Bertz CT molecular complexity index is 492. The van der Waals surface area contributed by atoms with E-state index in [4.69, 9.17) is 9.47 Å². The van der Waals surface area contributed by atoms with E-state index >= 15 is 0 Å². The highest BCUT2D eigenvalue weighted by molar-refractivity contribution is 5.97. The van der Waals surface area contributed by atoms with Crippen LogP contribution in [-0.2, 0) is 9.47 Å². The largest absolute Gasteiger partial charge is 0.379 e. The molecule has 2 N–H and O–H groups in total. The predicted molar refractivity (Wildman–Crippen MR) is 103 cm³/mol. The molecule has 0 radical (unpaired) electrons. The number of hydrogen-bond acceptors (Lipinski definition) is 4. The van der Waals surface area contributed by atoms with E-state index in [2.05, 4.69) is 10.6 Å². The second-order valence-corrected chi connectivity index (χ2v) is 6.64. The van der Waals surface area contributed by atoms with Crippen molar-refractivity contribution in [3.8, 4) is 0 Å². The summed E-state index contributed by atoms with van der Waals surface area (Å²) in [6.45, 7) is 10.3. The van der Waals surface area contributed by atoms with Crippen LogP contribution in [0, 0.1) is 0 Å². The molecule has 146 valence electrons. The van der Waals surface area contributed by atoms with Crippen LogP contribution in [0.25, 0.3) is 0 Å². The van der Waals surface area contributed by atoms with Crippen LogP contribution in [-0.4, -0.2) is 50.3 Å². The molecule has 6 nitrogen and oxygen atoms in total. The van der Waals surface area contributed by atoms with Gasteiger partial charge in [-0.1, -0.05) is 0 Å². The zero-order valence-electron chi connectivity index (χ0n) is 16.3. The standard InChI is InChI=1S/C20H32N2O4/c1-15(2)25-13-5-11-21-19(23)17-7-9-18(10-8-17)20(24)22-12-6-14-26-16(3)4/h7-10,15-16H,5-6,11-14H2,1-4H3,(H,21,23)(H,22,24). The highest BCUT2D eigenvalue weighted by atomic mass is 16.5. The Hall–Kier alpha value is -1.92. The molecule has 0 atom stereocenters. The van der Waals surface area contributed by atoms with Crippen molar-refractivity contribution in [1.82, 2.24) is 10.6 Å². The molecule has 0 bridgehead atoms. The molecule has 0 saturated heterocycles. The molecule has 26 heavy (non-hydrogen) atoms. The molecular weight excluding hydrogens is 332 g/mol. The van der Waals surface area contributed by atoms with Gasteiger partial charge < -0.3 is 20.1 Å². The zero-order chi connectivity index (χ0) is 19.4. The normalized spacial score (nSPS) is 11.0. The molecule has 1 aromatic carbocycles. The minimum atomic E-state index is -0.146. The van der Waals surface area contributed by atoms with Gasteiger partial charge in [0, 0.05) is 37.4 Å². The molecular formula is C20H32N2O4. The molecule has 0 aromatic heterocycles. The van der Waals surface area contributed by atoms with Crippen molar-refractivity contribution < 1.29 is 19.1 Å². The van der Waals surface area contributed by atoms with Gasteiger partial charge in [0.1, 0.15) is 0 Å². The number of amides is 2. The average molecular weight is 364 g/mol. The molecule has 2 amide bonds. The maximum absolute atomic E-state index is 12.1. The van der Waals surface area contributed by atoms with E-state index in [1.165, 1.54) is 0 Å². The summed E-state index contributed by atoms with van der Waals surface area (Å²) in [5, 5.41) is 5.69. The molecule has 0 aliphatic carbocycles. The van der Waals surface area contributed by atoms with Crippen LogP contribution in [0.1, 0.15) is 61.3 Å². The van der Waals surface area contributed by atoms with Gasteiger partial charge in [-0.3, -0.25) is 9.59 Å². The Balaban J connectivity index is 2.30. The van der Waals surface area contributed by atoms with Crippen molar-refractivity contribution in [3.05, 3.63) is 35.4 Å². The van der Waals surface area contributed by atoms with Gasteiger partial charge in [0.25, 0.3) is 11.8 Å². The van der Waals surface area contributed by atoms with E-state index in [1.54, 1.807) is 24.3 Å². The second-order valence-electron chi connectivity index (χ2n) is 6.64. The van der Waals surface area contributed by atoms with E-state index in [9.17, 15) is 9.59 Å². The molecule has 0 fully saturated rings. The van der Waals surface area contributed by atoms with Gasteiger partial charge in [-0.15, -0.1) is 0 Å². The number of rotatable bonds is 12. The van der Waals surface area contributed by atoms with Crippen molar-refractivity contribution in [2.75, 3.05) is 26.3 Å². The number of benzene rings is 1. The number of ether oxygens (including phenoxy) is 2. The Kier molecular flexibility index (Phi) is 10.6. The maximum Gasteiger partial charge on any atom is 0.251 e. The van der Waals surface area contributed by atoms with Crippen molar-refractivity contribution >= 4 is 11.8 Å². The Labute approximate surface area is 156 Å². The van der Waals surface area contributed by atoms with Crippen molar-refractivity contribution in [2.24, 2.45) is 0 Å². The van der Waals surface area contributed by atoms with E-state index < -0.39 is 0 Å². The summed E-state index contributed by atoms with van der Waals surface area (Å²) in [5.41, 5.74) is 1.08. The first-order chi connectivity index (χ1) is 12.4. The minimum Gasteiger partial charge on any atom is -0.379 e. The Morgan fingerprint density at radius 2 is 1.12 bits per heavy atom. The summed E-state index contributed by atoms with van der Waals surface area (Å²) in [5.74, 6) is -0.292. The van der Waals surface area contributed by atoms with Crippen molar-refractivity contribution in [2.45, 2.75) is 52.7 Å². The number of hydrogen-bond donors (Lipinski definition) is 2. The van der Waals surface area contributed by atoms with Crippen LogP contribution in [0.15, 0.2) is 24.3 Å². The van der Waals surface area contributed by atoms with Crippen LogP contribution in [0.3, 0.4) is 0 Å². The highest BCUT2D eigenvalue weighted by Gasteiger charge is 2.08. The fourth-order valence-electron chi connectivity index (χ4n) is 2.16. The quantitative estimate of drug-likeness (QED) is 0.559. The molecule has 0 aliphatic rings. The van der Waals surface area contributed by atoms with Crippen LogP contribution >= 0.6 is 0 Å². The highest BCUT2D eigenvalue weighted by Crippen LogP contribution is 2.05. The maximum atomic E-state index is 12.1. The van der Waals surface area contributed by atoms with E-state index in [0.717, 1.165) is 12.8 Å². The summed E-state index contributed by atoms with van der Waals surface area (Å²) in [6, 6.07) is 6.65. The molecule has 0 heterocycles. The van der Waals surface area contributed by atoms with Gasteiger partial charge in [-0.25, -0.2) is 0 Å². The van der Waals surface area contributed by atoms with Gasteiger partial charge in [-0.05, 0) is 64.8 Å². The number of nitrogens with one attached hydrogen (secondary N) is 2. The van der Waals surface area contributed by atoms with Gasteiger partial charge >= 0.3 is 0 Å². The lowest BCUT2D eigenvalue weighted by Gasteiger charge is -2.09. The summed E-state index contributed by atoms with van der Waals surface area (Å²) in [6.07, 6.45) is 1.94. The molecule has 1 rings (SSSR count). The molecule has 0 aliphatic heterocycles. The van der Waals surface area contributed by atoms with Crippen LogP contribution in [0.2, 0.25) is 0 Å². The number of carbonyl (C=O) groups excluding carboxylic acids is 2. The third-order valence-corrected chi connectivity index (χ3v) is 3.52. The van der Waals surface area contributed by atoms with Gasteiger partial charge in [0.15, 0.2) is 0 Å². The van der Waals surface area contributed by atoms with Crippen LogP contribution in [0.5, 0.6) is 0 Å². The topological polar surface area (TPSA) is 76.7 Å². The minimum absolute atomic E-state index is 0.146. The predicted octanol–water partition coefficient (Wildman–Crippen LogP) is 2.78. The third kappa shape index (κ3) is 9.53. The fourth-order valence-corrected chi connectivity index (χ4v) is 2.16. The smallest absolute Gasteiger partial charge is 0.251 e. The monoisotopic (exact) mass is 364 g/mol. The van der Waals surface area contributed by atoms with Gasteiger partial charge in [0.05, 0.1) is 12.2 Å². The van der Waals surface area contributed by atoms with E-state index in [1.807, 2.05) is 27.7 Å². The number of carbonyl (C=O) groups is 2. The van der Waals surface area contributed by atoms with Crippen LogP contribution in [0.4, 0.5) is 0 Å². The van der Waals surface area contributed by atoms with E-state index in [-0.39, 0.29) is 24.0 Å². The lowest BCUT2D eigenvalue weighted by molar-refractivity contribution is 0.0751. The molecule has 6 heteroatoms. The summed E-state index contributed by atoms with van der Waals surface area (Å²) in [7, 11) is 0. The van der Waals surface area contributed by atoms with E-state index in [0.29, 0.717) is 37.4 Å². The molecule has 1 aromatic rings. The summed E-state index contributed by atoms with van der Waals surface area (Å²) < 4.78 is 10.9. The lowest BCUT2D eigenvalue weighted by atomic mass is 10.1. The van der Waals surface area contributed by atoms with Gasteiger partial charge in [-0.2, -0.15) is 0 Å². The second kappa shape index (κ2) is 12.4. The average Bonchev–Trinajstić information content (AvgIpc) is 2.60. The van der Waals surface area contributed by atoms with Crippen LogP contribution < -0.4 is 10.6 Å². The Morgan fingerprint density at radius 1 is 0.769 bits per heavy atom. The first kappa shape index (κ1) is 22.1. The summed E-state index contributed by atoms with van der Waals surface area (Å²) in [4.78, 5) is 24.1. The SMILES string of the molecule is CC(C)OCCCNC(=O)c1ccc(C(=O)NCCCOC(C)C)cc1. The van der Waals surface area contributed by atoms with Gasteiger partial charge in [0.2, 0.25) is 0 Å².